The van der Waals surface area contributed by atoms with Crippen LogP contribution in [-0.4, -0.2) is 58.8 Å². The fourth-order valence-corrected chi connectivity index (χ4v) is 4.35. The molecular formula is C24H24ClN3O3. The third-order valence-electron chi connectivity index (χ3n) is 5.64. The molecule has 0 saturated carbocycles. The quantitative estimate of drug-likeness (QED) is 0.357. The molecule has 7 heteroatoms. The van der Waals surface area contributed by atoms with E-state index in [4.69, 9.17) is 11.6 Å². The minimum Gasteiger partial charge on any atom is -0.507 e. The SMILES string of the molecule is Cc1[nH]c2ccccc2c1C1/C(=C(\O)c2cccc(Cl)c2)C(=O)C(=O)N1CCN(C)C. The zero-order chi connectivity index (χ0) is 22.3. The Morgan fingerprint density at radius 3 is 2.61 bits per heavy atom. The second-order valence-electron chi connectivity index (χ2n) is 8.02. The molecule has 6 nitrogen and oxygen atoms in total. The third kappa shape index (κ3) is 3.73. The number of fused-ring (bicyclic) bond motifs is 1. The van der Waals surface area contributed by atoms with E-state index in [0.29, 0.717) is 23.7 Å². The van der Waals surface area contributed by atoms with Crippen molar-refractivity contribution < 1.29 is 14.7 Å². The highest BCUT2D eigenvalue weighted by Gasteiger charge is 2.47. The molecule has 2 aromatic carbocycles. The molecule has 1 fully saturated rings. The summed E-state index contributed by atoms with van der Waals surface area (Å²) in [5.74, 6) is -1.52. The van der Waals surface area contributed by atoms with Gasteiger partial charge in [0, 0.05) is 45.8 Å². The number of likely N-dealkylation sites (N-methyl/N-ethyl adjacent to an activating group) is 1. The Morgan fingerprint density at radius 1 is 1.16 bits per heavy atom. The monoisotopic (exact) mass is 437 g/mol. The Hall–Kier alpha value is -3.09. The maximum Gasteiger partial charge on any atom is 0.295 e. The summed E-state index contributed by atoms with van der Waals surface area (Å²) in [6.45, 7) is 2.86. The third-order valence-corrected chi connectivity index (χ3v) is 5.88. The number of nitrogens with one attached hydrogen (secondary N) is 1. The molecule has 2 N–H and O–H groups in total. The molecular weight excluding hydrogens is 414 g/mol. The summed E-state index contributed by atoms with van der Waals surface area (Å²) in [7, 11) is 3.82. The Balaban J connectivity index is 1.96. The largest absolute Gasteiger partial charge is 0.507 e. The summed E-state index contributed by atoms with van der Waals surface area (Å²) in [5.41, 5.74) is 3.06. The number of Topliss-reactive ketones (excluding diaryl/α,β-unsaturated/α-hetero) is 1. The van der Waals surface area contributed by atoms with Gasteiger partial charge in [-0.3, -0.25) is 9.59 Å². The van der Waals surface area contributed by atoms with Gasteiger partial charge < -0.3 is 19.9 Å². The van der Waals surface area contributed by atoms with Crippen LogP contribution in [0, 0.1) is 6.92 Å². The molecule has 0 spiro atoms. The van der Waals surface area contributed by atoms with Crippen molar-refractivity contribution in [3.05, 3.63) is 75.9 Å². The number of benzene rings is 2. The van der Waals surface area contributed by atoms with Gasteiger partial charge in [0.25, 0.3) is 11.7 Å². The van der Waals surface area contributed by atoms with Gasteiger partial charge in [0.1, 0.15) is 5.76 Å². The van der Waals surface area contributed by atoms with Crippen molar-refractivity contribution in [1.82, 2.24) is 14.8 Å². The van der Waals surface area contributed by atoms with E-state index < -0.39 is 17.7 Å². The fourth-order valence-electron chi connectivity index (χ4n) is 4.16. The highest BCUT2D eigenvalue weighted by molar-refractivity contribution is 6.46. The van der Waals surface area contributed by atoms with Crippen molar-refractivity contribution >= 4 is 40.0 Å². The summed E-state index contributed by atoms with van der Waals surface area (Å²) >= 11 is 6.11. The highest BCUT2D eigenvalue weighted by Crippen LogP contribution is 2.43. The van der Waals surface area contributed by atoms with Gasteiger partial charge in [0.15, 0.2) is 0 Å². The van der Waals surface area contributed by atoms with Crippen LogP contribution in [0.4, 0.5) is 0 Å². The Bertz CT molecular complexity index is 1210. The van der Waals surface area contributed by atoms with Crippen LogP contribution in [-0.2, 0) is 9.59 Å². The zero-order valence-electron chi connectivity index (χ0n) is 17.6. The Kier molecular flexibility index (Phi) is 5.60. The normalized spacial score (nSPS) is 18.5. The van der Waals surface area contributed by atoms with Gasteiger partial charge in [-0.1, -0.05) is 41.9 Å². The van der Waals surface area contributed by atoms with E-state index in [0.717, 1.165) is 22.2 Å². The van der Waals surface area contributed by atoms with Gasteiger partial charge in [-0.05, 0) is 39.2 Å². The standard InChI is InChI=1S/C24H24ClN3O3/c1-14-19(17-9-4-5-10-18(17)26-14)21-20(22(29)15-7-6-8-16(25)13-15)23(30)24(31)28(21)12-11-27(2)3/h4-10,13,21,26,29H,11-12H2,1-3H3/b22-20+. The van der Waals surface area contributed by atoms with E-state index >= 15 is 0 Å². The first kappa shape index (κ1) is 21.2. The molecule has 1 atom stereocenters. The van der Waals surface area contributed by atoms with Crippen molar-refractivity contribution in [3.8, 4) is 0 Å². The lowest BCUT2D eigenvalue weighted by Gasteiger charge is -2.27. The molecule has 1 amide bonds. The summed E-state index contributed by atoms with van der Waals surface area (Å²) < 4.78 is 0. The number of amides is 1. The maximum absolute atomic E-state index is 13.1. The van der Waals surface area contributed by atoms with Gasteiger partial charge in [-0.2, -0.15) is 0 Å². The van der Waals surface area contributed by atoms with Crippen molar-refractivity contribution in [2.45, 2.75) is 13.0 Å². The number of para-hydroxylation sites is 1. The molecule has 0 radical (unpaired) electrons. The van der Waals surface area contributed by atoms with Crippen molar-refractivity contribution in [2.24, 2.45) is 0 Å². The molecule has 1 saturated heterocycles. The lowest BCUT2D eigenvalue weighted by atomic mass is 9.93. The predicted octanol–water partition coefficient (Wildman–Crippen LogP) is 4.11. The van der Waals surface area contributed by atoms with Crippen LogP contribution in [0.1, 0.15) is 22.9 Å². The first-order chi connectivity index (χ1) is 14.8. The van der Waals surface area contributed by atoms with Gasteiger partial charge in [0.05, 0.1) is 11.6 Å². The number of aliphatic hydroxyl groups is 1. The number of nitrogens with zero attached hydrogens (tertiary/aromatic N) is 2. The number of aromatic nitrogens is 1. The molecule has 1 aromatic heterocycles. The van der Waals surface area contributed by atoms with E-state index in [1.54, 1.807) is 29.2 Å². The maximum atomic E-state index is 13.1. The van der Waals surface area contributed by atoms with Crippen molar-refractivity contribution in [1.29, 1.82) is 0 Å². The van der Waals surface area contributed by atoms with E-state index in [1.165, 1.54) is 0 Å². The van der Waals surface area contributed by atoms with Crippen LogP contribution >= 0.6 is 11.6 Å². The molecule has 2 heterocycles. The predicted molar refractivity (Wildman–Crippen MR) is 122 cm³/mol. The summed E-state index contributed by atoms with van der Waals surface area (Å²) in [5, 5.41) is 12.5. The van der Waals surface area contributed by atoms with E-state index in [2.05, 4.69) is 4.98 Å². The molecule has 0 aliphatic carbocycles. The number of likely N-dealkylation sites (tertiary alicyclic amines) is 1. The number of H-pyrrole nitrogens is 1. The van der Waals surface area contributed by atoms with Crippen molar-refractivity contribution in [2.75, 3.05) is 27.2 Å². The lowest BCUT2D eigenvalue weighted by Crippen LogP contribution is -2.35. The highest BCUT2D eigenvalue weighted by atomic mass is 35.5. The molecule has 0 bridgehead atoms. The van der Waals surface area contributed by atoms with Crippen LogP contribution in [0.5, 0.6) is 0 Å². The lowest BCUT2D eigenvalue weighted by molar-refractivity contribution is -0.140. The number of rotatable bonds is 5. The molecule has 31 heavy (non-hydrogen) atoms. The molecule has 4 rings (SSSR count). The molecule has 3 aromatic rings. The number of aromatic amines is 1. The van der Waals surface area contributed by atoms with E-state index in [9.17, 15) is 14.7 Å². The number of halogens is 1. The molecule has 160 valence electrons. The summed E-state index contributed by atoms with van der Waals surface area (Å²) in [4.78, 5) is 33.1. The number of aryl methyl sites for hydroxylation is 1. The van der Waals surface area contributed by atoms with Crippen LogP contribution in [0.25, 0.3) is 16.7 Å². The number of carbonyl (C=O) groups excluding carboxylic acids is 2. The van der Waals surface area contributed by atoms with Crippen LogP contribution in [0.3, 0.4) is 0 Å². The molecule has 1 aliphatic heterocycles. The number of hydrogen-bond acceptors (Lipinski definition) is 4. The second kappa shape index (κ2) is 8.21. The van der Waals surface area contributed by atoms with Gasteiger partial charge in [-0.25, -0.2) is 0 Å². The number of aliphatic hydroxyl groups excluding tert-OH is 1. The average molecular weight is 438 g/mol. The minimum atomic E-state index is -0.699. The zero-order valence-corrected chi connectivity index (χ0v) is 18.4. The van der Waals surface area contributed by atoms with Gasteiger partial charge in [-0.15, -0.1) is 0 Å². The Labute approximate surface area is 185 Å². The van der Waals surface area contributed by atoms with E-state index in [-0.39, 0.29) is 11.3 Å². The van der Waals surface area contributed by atoms with Gasteiger partial charge in [0.2, 0.25) is 0 Å². The van der Waals surface area contributed by atoms with E-state index in [1.807, 2.05) is 50.2 Å². The molecule has 1 aliphatic rings. The van der Waals surface area contributed by atoms with Crippen LogP contribution < -0.4 is 0 Å². The van der Waals surface area contributed by atoms with Crippen LogP contribution in [0.2, 0.25) is 5.02 Å². The smallest absolute Gasteiger partial charge is 0.295 e. The second-order valence-corrected chi connectivity index (χ2v) is 8.45. The first-order valence-corrected chi connectivity index (χ1v) is 10.4. The average Bonchev–Trinajstić information content (AvgIpc) is 3.18. The number of ketones is 1. The Morgan fingerprint density at radius 2 is 1.90 bits per heavy atom. The topological polar surface area (TPSA) is 76.6 Å². The van der Waals surface area contributed by atoms with Crippen LogP contribution in [0.15, 0.2) is 54.1 Å². The molecule has 1 unspecified atom stereocenters. The number of hydrogen-bond donors (Lipinski definition) is 2. The number of carbonyl (C=O) groups is 2. The van der Waals surface area contributed by atoms with Crippen molar-refractivity contribution in [3.63, 3.8) is 0 Å². The fraction of sp³-hybridized carbons (Fsp3) is 0.250. The van der Waals surface area contributed by atoms with Gasteiger partial charge >= 0.3 is 0 Å². The first-order valence-electron chi connectivity index (χ1n) is 10.1. The minimum absolute atomic E-state index is 0.0823. The summed E-state index contributed by atoms with van der Waals surface area (Å²) in [6.07, 6.45) is 0. The summed E-state index contributed by atoms with van der Waals surface area (Å²) in [6, 6.07) is 13.7.